The molecule has 2 aromatic rings. The molecule has 0 spiro atoms. The van der Waals surface area contributed by atoms with E-state index in [-0.39, 0.29) is 0 Å². The van der Waals surface area contributed by atoms with Crippen LogP contribution < -0.4 is 4.90 Å². The molecule has 5 heteroatoms. The SMILES string of the molecule is Clc1ccc(C=Nc2ccc(N3CCOCC3)cc2)c(Cl)c1. The molecule has 1 aliphatic heterocycles. The first kappa shape index (κ1) is 15.3. The van der Waals surface area contributed by atoms with Gasteiger partial charge in [0.2, 0.25) is 0 Å². The Labute approximate surface area is 140 Å². The number of aliphatic imine (C=N–C) groups is 1. The van der Waals surface area contributed by atoms with Crippen LogP contribution in [0.1, 0.15) is 5.56 Å². The Hall–Kier alpha value is -1.55. The van der Waals surface area contributed by atoms with Gasteiger partial charge in [-0.15, -0.1) is 0 Å². The Morgan fingerprint density at radius 2 is 1.73 bits per heavy atom. The van der Waals surface area contributed by atoms with Crippen molar-refractivity contribution in [2.75, 3.05) is 31.2 Å². The molecule has 0 saturated carbocycles. The number of ether oxygens (including phenoxy) is 1. The van der Waals surface area contributed by atoms with Gasteiger partial charge in [0.05, 0.1) is 23.9 Å². The van der Waals surface area contributed by atoms with Crippen LogP contribution in [0.25, 0.3) is 0 Å². The molecule has 1 fully saturated rings. The maximum Gasteiger partial charge on any atom is 0.0642 e. The average Bonchev–Trinajstić information content (AvgIpc) is 2.55. The van der Waals surface area contributed by atoms with Gasteiger partial charge in [0, 0.05) is 35.6 Å². The van der Waals surface area contributed by atoms with Crippen LogP contribution in [0.2, 0.25) is 10.0 Å². The van der Waals surface area contributed by atoms with Crippen LogP contribution >= 0.6 is 23.2 Å². The van der Waals surface area contributed by atoms with Gasteiger partial charge in [0.25, 0.3) is 0 Å². The number of rotatable bonds is 3. The molecule has 0 amide bonds. The van der Waals surface area contributed by atoms with E-state index in [0.29, 0.717) is 10.0 Å². The minimum atomic E-state index is 0.598. The summed E-state index contributed by atoms with van der Waals surface area (Å²) in [6.45, 7) is 3.44. The van der Waals surface area contributed by atoms with Crippen molar-refractivity contribution >= 4 is 40.8 Å². The third kappa shape index (κ3) is 3.80. The number of halogens is 2. The molecule has 0 aromatic heterocycles. The molecule has 114 valence electrons. The second-order valence-corrected chi connectivity index (χ2v) is 5.88. The lowest BCUT2D eigenvalue weighted by Crippen LogP contribution is -2.36. The molecule has 0 atom stereocenters. The van der Waals surface area contributed by atoms with Crippen LogP contribution in [0.3, 0.4) is 0 Å². The molecular weight excluding hydrogens is 319 g/mol. The summed E-state index contributed by atoms with van der Waals surface area (Å²) in [5.74, 6) is 0. The number of benzene rings is 2. The molecule has 0 aliphatic carbocycles. The molecule has 3 rings (SSSR count). The van der Waals surface area contributed by atoms with Crippen molar-refractivity contribution in [2.45, 2.75) is 0 Å². The molecule has 2 aromatic carbocycles. The number of nitrogens with zero attached hydrogens (tertiary/aromatic N) is 2. The number of morpholine rings is 1. The van der Waals surface area contributed by atoms with Gasteiger partial charge in [-0.05, 0) is 36.4 Å². The molecule has 1 saturated heterocycles. The Morgan fingerprint density at radius 1 is 1.00 bits per heavy atom. The second-order valence-electron chi connectivity index (χ2n) is 5.04. The lowest BCUT2D eigenvalue weighted by Gasteiger charge is -2.28. The van der Waals surface area contributed by atoms with Gasteiger partial charge >= 0.3 is 0 Å². The summed E-state index contributed by atoms with van der Waals surface area (Å²) in [5, 5.41) is 1.22. The predicted octanol–water partition coefficient (Wildman–Crippen LogP) is 4.58. The van der Waals surface area contributed by atoms with E-state index in [2.05, 4.69) is 22.0 Å². The first-order chi connectivity index (χ1) is 10.7. The van der Waals surface area contributed by atoms with Crippen LogP contribution in [0.15, 0.2) is 47.5 Å². The summed E-state index contributed by atoms with van der Waals surface area (Å²) < 4.78 is 5.36. The maximum absolute atomic E-state index is 6.13. The Morgan fingerprint density at radius 3 is 2.41 bits per heavy atom. The third-order valence-corrected chi connectivity index (χ3v) is 4.10. The van der Waals surface area contributed by atoms with Crippen molar-refractivity contribution in [2.24, 2.45) is 4.99 Å². The summed E-state index contributed by atoms with van der Waals surface area (Å²) in [4.78, 5) is 6.77. The smallest absolute Gasteiger partial charge is 0.0642 e. The molecule has 0 N–H and O–H groups in total. The summed E-state index contributed by atoms with van der Waals surface area (Å²) >= 11 is 12.0. The van der Waals surface area contributed by atoms with Crippen molar-refractivity contribution < 1.29 is 4.74 Å². The van der Waals surface area contributed by atoms with E-state index >= 15 is 0 Å². The van der Waals surface area contributed by atoms with Crippen molar-refractivity contribution in [3.05, 3.63) is 58.1 Å². The van der Waals surface area contributed by atoms with Crippen molar-refractivity contribution in [3.8, 4) is 0 Å². The van der Waals surface area contributed by atoms with Gasteiger partial charge in [0.1, 0.15) is 0 Å². The lowest BCUT2D eigenvalue weighted by atomic mass is 10.2. The van der Waals surface area contributed by atoms with Gasteiger partial charge in [-0.25, -0.2) is 0 Å². The van der Waals surface area contributed by atoms with Gasteiger partial charge in [-0.2, -0.15) is 0 Å². The van der Waals surface area contributed by atoms with Crippen LogP contribution in [0.4, 0.5) is 11.4 Å². The summed E-state index contributed by atoms with van der Waals surface area (Å²) in [6.07, 6.45) is 1.75. The fourth-order valence-corrected chi connectivity index (χ4v) is 2.78. The minimum absolute atomic E-state index is 0.598. The highest BCUT2D eigenvalue weighted by molar-refractivity contribution is 6.36. The quantitative estimate of drug-likeness (QED) is 0.767. The van der Waals surface area contributed by atoms with Crippen molar-refractivity contribution in [3.63, 3.8) is 0 Å². The molecular formula is C17H16Cl2N2O. The Balaban J connectivity index is 1.71. The Kier molecular flexibility index (Phi) is 4.98. The summed E-state index contributed by atoms with van der Waals surface area (Å²) in [6, 6.07) is 13.6. The number of hydrogen-bond acceptors (Lipinski definition) is 3. The summed E-state index contributed by atoms with van der Waals surface area (Å²) in [5.41, 5.74) is 2.94. The zero-order valence-corrected chi connectivity index (χ0v) is 13.5. The number of hydrogen-bond donors (Lipinski definition) is 0. The van der Waals surface area contributed by atoms with E-state index in [1.807, 2.05) is 18.2 Å². The Bertz CT molecular complexity index is 665. The molecule has 1 aliphatic rings. The highest BCUT2D eigenvalue weighted by Gasteiger charge is 2.10. The fraction of sp³-hybridized carbons (Fsp3) is 0.235. The molecule has 22 heavy (non-hydrogen) atoms. The van der Waals surface area contributed by atoms with E-state index in [1.54, 1.807) is 18.3 Å². The lowest BCUT2D eigenvalue weighted by molar-refractivity contribution is 0.122. The van der Waals surface area contributed by atoms with E-state index in [0.717, 1.165) is 37.6 Å². The van der Waals surface area contributed by atoms with E-state index in [4.69, 9.17) is 27.9 Å². The molecule has 1 heterocycles. The molecule has 3 nitrogen and oxygen atoms in total. The second kappa shape index (κ2) is 7.14. The largest absolute Gasteiger partial charge is 0.378 e. The van der Waals surface area contributed by atoms with E-state index in [1.165, 1.54) is 5.69 Å². The molecule has 0 bridgehead atoms. The van der Waals surface area contributed by atoms with Gasteiger partial charge < -0.3 is 9.64 Å². The van der Waals surface area contributed by atoms with Crippen molar-refractivity contribution in [1.29, 1.82) is 0 Å². The maximum atomic E-state index is 6.13. The van der Waals surface area contributed by atoms with Crippen LogP contribution in [0, 0.1) is 0 Å². The normalized spacial score (nSPS) is 15.5. The zero-order chi connectivity index (χ0) is 15.4. The monoisotopic (exact) mass is 334 g/mol. The first-order valence-corrected chi connectivity index (χ1v) is 7.90. The van der Waals surface area contributed by atoms with Crippen LogP contribution in [-0.2, 0) is 4.74 Å². The van der Waals surface area contributed by atoms with E-state index < -0.39 is 0 Å². The van der Waals surface area contributed by atoms with E-state index in [9.17, 15) is 0 Å². The van der Waals surface area contributed by atoms with Crippen LogP contribution in [-0.4, -0.2) is 32.5 Å². The van der Waals surface area contributed by atoms with Crippen LogP contribution in [0.5, 0.6) is 0 Å². The fourth-order valence-electron chi connectivity index (χ4n) is 2.32. The first-order valence-electron chi connectivity index (χ1n) is 7.14. The summed E-state index contributed by atoms with van der Waals surface area (Å²) in [7, 11) is 0. The average molecular weight is 335 g/mol. The van der Waals surface area contributed by atoms with Gasteiger partial charge in [-0.1, -0.05) is 29.3 Å². The standard InChI is InChI=1S/C17H16Cl2N2O/c18-14-2-1-13(17(19)11-14)12-20-15-3-5-16(6-4-15)21-7-9-22-10-8-21/h1-6,11-12H,7-10H2. The van der Waals surface area contributed by atoms with Crippen molar-refractivity contribution in [1.82, 2.24) is 0 Å². The topological polar surface area (TPSA) is 24.8 Å². The van der Waals surface area contributed by atoms with Gasteiger partial charge in [-0.3, -0.25) is 4.99 Å². The predicted molar refractivity (Wildman–Crippen MR) is 93.2 cm³/mol. The van der Waals surface area contributed by atoms with Gasteiger partial charge in [0.15, 0.2) is 0 Å². The number of anilines is 1. The minimum Gasteiger partial charge on any atom is -0.378 e. The molecule has 0 radical (unpaired) electrons. The highest BCUT2D eigenvalue weighted by Crippen LogP contribution is 2.23. The third-order valence-electron chi connectivity index (χ3n) is 3.54. The highest BCUT2D eigenvalue weighted by atomic mass is 35.5. The molecule has 0 unspecified atom stereocenters. The zero-order valence-electron chi connectivity index (χ0n) is 12.0.